The number of rotatable bonds is 0. The molecule has 1 aromatic rings. The molecule has 0 amide bonds. The van der Waals surface area contributed by atoms with Gasteiger partial charge in [-0.05, 0) is 42.2 Å². The van der Waals surface area contributed by atoms with Crippen molar-refractivity contribution in [1.82, 2.24) is 4.98 Å². The van der Waals surface area contributed by atoms with Crippen LogP contribution in [0.25, 0.3) is 5.70 Å². The van der Waals surface area contributed by atoms with Crippen molar-refractivity contribution in [3.05, 3.63) is 27.8 Å². The average Bonchev–Trinajstić information content (AvgIpc) is 2.62. The molecule has 22 heavy (non-hydrogen) atoms. The minimum absolute atomic E-state index is 0.0330. The zero-order chi connectivity index (χ0) is 16.3. The molecule has 0 aromatic carbocycles. The van der Waals surface area contributed by atoms with Gasteiger partial charge in [0.25, 0.3) is 0 Å². The lowest BCUT2D eigenvalue weighted by molar-refractivity contribution is 0.214. The number of nitrogens with zero attached hydrogens (tertiary/aromatic N) is 2. The van der Waals surface area contributed by atoms with Crippen LogP contribution < -0.4 is 5.73 Å². The van der Waals surface area contributed by atoms with Crippen LogP contribution in [0.3, 0.4) is 0 Å². The Morgan fingerprint density at radius 3 is 2.68 bits per heavy atom. The van der Waals surface area contributed by atoms with E-state index in [2.05, 4.69) is 25.8 Å². The molecule has 0 bridgehead atoms. The van der Waals surface area contributed by atoms with Gasteiger partial charge >= 0.3 is 0 Å². The SMILES string of the molecule is CC(C)(C)C1CCc2nc3c(cc2C1)C(N)=C(C#N)S3(=O)=O. The number of hydrogen-bond acceptors (Lipinski definition) is 5. The molecule has 2 aliphatic rings. The fraction of sp³-hybridized carbons (Fsp3) is 0.500. The molecular formula is C16H19N3O2S. The van der Waals surface area contributed by atoms with Crippen molar-refractivity contribution >= 4 is 15.5 Å². The second-order valence-corrected chi connectivity index (χ2v) is 8.91. The van der Waals surface area contributed by atoms with Crippen LogP contribution in [0.5, 0.6) is 0 Å². The summed E-state index contributed by atoms with van der Waals surface area (Å²) in [5, 5.41) is 9.02. The molecule has 1 aliphatic carbocycles. The van der Waals surface area contributed by atoms with Crippen molar-refractivity contribution in [2.24, 2.45) is 17.1 Å². The van der Waals surface area contributed by atoms with Crippen LogP contribution in [0.15, 0.2) is 16.0 Å². The highest BCUT2D eigenvalue weighted by atomic mass is 32.2. The highest BCUT2D eigenvalue weighted by Gasteiger charge is 2.39. The Kier molecular flexibility index (Phi) is 3.12. The van der Waals surface area contributed by atoms with Crippen LogP contribution in [0.2, 0.25) is 0 Å². The predicted molar refractivity (Wildman–Crippen MR) is 83.1 cm³/mol. The number of sulfone groups is 1. The van der Waals surface area contributed by atoms with Crippen LogP contribution in [0.4, 0.5) is 0 Å². The third-order valence-corrected chi connectivity index (χ3v) is 6.41. The Morgan fingerprint density at radius 2 is 2.09 bits per heavy atom. The molecule has 0 radical (unpaired) electrons. The van der Waals surface area contributed by atoms with Crippen molar-refractivity contribution in [1.29, 1.82) is 5.26 Å². The van der Waals surface area contributed by atoms with E-state index in [-0.39, 0.29) is 21.0 Å². The molecule has 0 fully saturated rings. The summed E-state index contributed by atoms with van der Waals surface area (Å²) >= 11 is 0. The molecule has 2 N–H and O–H groups in total. The van der Waals surface area contributed by atoms with Gasteiger partial charge in [0.2, 0.25) is 9.84 Å². The van der Waals surface area contributed by atoms with Gasteiger partial charge in [-0.2, -0.15) is 5.26 Å². The topological polar surface area (TPSA) is 96.8 Å². The fourth-order valence-electron chi connectivity index (χ4n) is 3.27. The Labute approximate surface area is 130 Å². The normalized spacial score (nSPS) is 22.9. The van der Waals surface area contributed by atoms with Crippen LogP contribution in [0.1, 0.15) is 44.0 Å². The minimum atomic E-state index is -3.84. The van der Waals surface area contributed by atoms with Gasteiger partial charge in [-0.3, -0.25) is 0 Å². The summed E-state index contributed by atoms with van der Waals surface area (Å²) in [4.78, 5) is 3.98. The van der Waals surface area contributed by atoms with Crippen molar-refractivity contribution in [2.75, 3.05) is 0 Å². The highest BCUT2D eigenvalue weighted by molar-refractivity contribution is 7.96. The maximum atomic E-state index is 12.3. The minimum Gasteiger partial charge on any atom is -0.396 e. The summed E-state index contributed by atoms with van der Waals surface area (Å²) in [6, 6.07) is 3.53. The monoisotopic (exact) mass is 317 g/mol. The van der Waals surface area contributed by atoms with E-state index in [1.54, 1.807) is 6.07 Å². The summed E-state index contributed by atoms with van der Waals surface area (Å²) in [7, 11) is -3.84. The second-order valence-electron chi connectivity index (χ2n) is 7.11. The van der Waals surface area contributed by atoms with Crippen molar-refractivity contribution in [3.63, 3.8) is 0 Å². The molecule has 1 aliphatic heterocycles. The van der Waals surface area contributed by atoms with E-state index >= 15 is 0 Å². The van der Waals surface area contributed by atoms with Gasteiger partial charge in [0.05, 0.1) is 5.70 Å². The van der Waals surface area contributed by atoms with Gasteiger partial charge in [0.1, 0.15) is 6.07 Å². The van der Waals surface area contributed by atoms with Crippen molar-refractivity contribution < 1.29 is 8.42 Å². The lowest BCUT2D eigenvalue weighted by Crippen LogP contribution is -2.27. The first-order valence-corrected chi connectivity index (χ1v) is 8.82. The zero-order valence-corrected chi connectivity index (χ0v) is 13.8. The van der Waals surface area contributed by atoms with E-state index < -0.39 is 9.84 Å². The molecule has 6 heteroatoms. The lowest BCUT2D eigenvalue weighted by Gasteiger charge is -2.34. The van der Waals surface area contributed by atoms with Gasteiger partial charge < -0.3 is 5.73 Å². The van der Waals surface area contributed by atoms with Gasteiger partial charge in [-0.15, -0.1) is 0 Å². The molecule has 5 nitrogen and oxygen atoms in total. The number of allylic oxidation sites excluding steroid dienone is 1. The average molecular weight is 317 g/mol. The molecule has 1 unspecified atom stereocenters. The first-order valence-electron chi connectivity index (χ1n) is 7.34. The summed E-state index contributed by atoms with van der Waals surface area (Å²) in [5.41, 5.74) is 8.38. The number of hydrogen-bond donors (Lipinski definition) is 1. The number of nitriles is 1. The smallest absolute Gasteiger partial charge is 0.236 e. The van der Waals surface area contributed by atoms with Gasteiger partial charge in [0.15, 0.2) is 9.93 Å². The first kappa shape index (κ1) is 15.0. The van der Waals surface area contributed by atoms with E-state index in [1.165, 1.54) is 0 Å². The standard InChI is InChI=1S/C16H19N3O2S/c1-16(2,3)10-4-5-12-9(6-10)7-11-14(18)13(8-17)22(20,21)15(11)19-12/h7,10H,4-6,18H2,1-3H3. The van der Waals surface area contributed by atoms with Crippen molar-refractivity contribution in [3.8, 4) is 6.07 Å². The van der Waals surface area contributed by atoms with E-state index in [0.29, 0.717) is 11.5 Å². The third-order valence-electron chi connectivity index (χ3n) is 4.74. The molecular weight excluding hydrogens is 298 g/mol. The number of pyridine rings is 1. The molecule has 1 atom stereocenters. The highest BCUT2D eigenvalue weighted by Crippen LogP contribution is 2.41. The fourth-order valence-corrected chi connectivity index (χ4v) is 4.67. The first-order chi connectivity index (χ1) is 10.2. The van der Waals surface area contributed by atoms with Gasteiger partial charge in [0, 0.05) is 11.3 Å². The molecule has 116 valence electrons. The van der Waals surface area contributed by atoms with Gasteiger partial charge in [-0.25, -0.2) is 13.4 Å². The molecule has 3 rings (SSSR count). The maximum absolute atomic E-state index is 12.3. The molecule has 2 heterocycles. The molecule has 0 saturated carbocycles. The summed E-state index contributed by atoms with van der Waals surface area (Å²) in [6.45, 7) is 6.65. The Bertz CT molecular complexity index is 839. The number of aryl methyl sites for hydroxylation is 1. The van der Waals surface area contributed by atoms with Crippen LogP contribution in [0, 0.1) is 22.7 Å². The Morgan fingerprint density at radius 1 is 1.41 bits per heavy atom. The predicted octanol–water partition coefficient (Wildman–Crippen LogP) is 2.17. The number of fused-ring (bicyclic) bond motifs is 2. The maximum Gasteiger partial charge on any atom is 0.236 e. The Hall–Kier alpha value is -1.87. The second kappa shape index (κ2) is 4.56. The molecule has 0 spiro atoms. The quantitative estimate of drug-likeness (QED) is 0.791. The number of nitrogens with two attached hydrogens (primary N) is 1. The van der Waals surface area contributed by atoms with E-state index in [0.717, 1.165) is 30.5 Å². The lowest BCUT2D eigenvalue weighted by atomic mass is 9.71. The van der Waals surface area contributed by atoms with Gasteiger partial charge in [-0.1, -0.05) is 20.8 Å². The van der Waals surface area contributed by atoms with E-state index in [9.17, 15) is 8.42 Å². The largest absolute Gasteiger partial charge is 0.396 e. The molecule has 1 aromatic heterocycles. The third kappa shape index (κ3) is 2.03. The molecule has 0 saturated heterocycles. The van der Waals surface area contributed by atoms with E-state index in [4.69, 9.17) is 11.0 Å². The van der Waals surface area contributed by atoms with Crippen molar-refractivity contribution in [2.45, 2.75) is 45.1 Å². The Balaban J connectivity index is 2.13. The van der Waals surface area contributed by atoms with Crippen LogP contribution >= 0.6 is 0 Å². The van der Waals surface area contributed by atoms with Crippen LogP contribution in [-0.4, -0.2) is 13.4 Å². The zero-order valence-electron chi connectivity index (χ0n) is 13.0. The summed E-state index contributed by atoms with van der Waals surface area (Å²) in [5.74, 6) is 0.526. The summed E-state index contributed by atoms with van der Waals surface area (Å²) in [6.07, 6.45) is 2.63. The summed E-state index contributed by atoms with van der Waals surface area (Å²) < 4.78 is 24.6. The van der Waals surface area contributed by atoms with Crippen LogP contribution in [-0.2, 0) is 22.7 Å². The van der Waals surface area contributed by atoms with E-state index in [1.807, 2.05) is 6.07 Å². The number of aromatic nitrogens is 1.